The highest BCUT2D eigenvalue weighted by molar-refractivity contribution is 6.36. The first-order chi connectivity index (χ1) is 19.0. The third-order valence-electron chi connectivity index (χ3n) is 8.25. The van der Waals surface area contributed by atoms with Crippen LogP contribution in [0.3, 0.4) is 0 Å². The first-order valence-corrected chi connectivity index (χ1v) is 13.1. The number of hydrazone groups is 1. The highest BCUT2D eigenvalue weighted by atomic mass is 35.5. The number of benzene rings is 4. The molecule has 8 rings (SSSR count). The van der Waals surface area contributed by atoms with E-state index in [1.165, 1.54) is 4.90 Å². The molecule has 1 N–H and O–H groups in total. The molecule has 7 heteroatoms. The Labute approximate surface area is 229 Å². The van der Waals surface area contributed by atoms with Crippen LogP contribution >= 0.6 is 11.6 Å². The lowest BCUT2D eigenvalue weighted by molar-refractivity contribution is -0.122. The Morgan fingerprint density at radius 1 is 0.795 bits per heavy atom. The van der Waals surface area contributed by atoms with Crippen LogP contribution in [-0.2, 0) is 15.0 Å². The summed E-state index contributed by atoms with van der Waals surface area (Å²) in [4.78, 5) is 42.6. The Kier molecular flexibility index (Phi) is 5.28. The number of amides is 3. The summed E-state index contributed by atoms with van der Waals surface area (Å²) >= 11 is 6.49. The number of hydrogen-bond donors (Lipinski definition) is 1. The standard InChI is InChI=1S/C32H22ClN3O3/c33-24-16-8-9-17-25(24)36-30(38)27-26-20-12-4-6-14-22(20)32(28(27)31(36)39,23-15-7-5-13-21(23)26)18-34-35-29(37)19-10-2-1-3-11-19/h1-18,26-28H,(H,35,37)/b34-18-/t26?,27-,28-,32?/m0/s1. The number of carbonyl (C=O) groups excluding carboxylic acids is 3. The molecule has 2 atom stereocenters. The van der Waals surface area contributed by atoms with E-state index in [1.807, 2.05) is 54.6 Å². The van der Waals surface area contributed by atoms with Crippen LogP contribution in [0.4, 0.5) is 5.69 Å². The van der Waals surface area contributed by atoms with Gasteiger partial charge in [-0.15, -0.1) is 0 Å². The Morgan fingerprint density at radius 3 is 2.05 bits per heavy atom. The van der Waals surface area contributed by atoms with Crippen LogP contribution in [-0.4, -0.2) is 23.9 Å². The van der Waals surface area contributed by atoms with Gasteiger partial charge in [0.25, 0.3) is 5.91 Å². The molecule has 6 nitrogen and oxygen atoms in total. The number of hydrogen-bond acceptors (Lipinski definition) is 4. The molecule has 4 aromatic carbocycles. The largest absolute Gasteiger partial charge is 0.274 e. The maximum atomic E-state index is 14.3. The van der Waals surface area contributed by atoms with Gasteiger partial charge in [0.15, 0.2) is 0 Å². The van der Waals surface area contributed by atoms with E-state index in [2.05, 4.69) is 10.5 Å². The third kappa shape index (κ3) is 3.21. The molecule has 39 heavy (non-hydrogen) atoms. The van der Waals surface area contributed by atoms with E-state index in [0.29, 0.717) is 16.3 Å². The molecule has 0 saturated carbocycles. The monoisotopic (exact) mass is 531 g/mol. The highest BCUT2D eigenvalue weighted by Crippen LogP contribution is 2.63. The number of carbonyl (C=O) groups is 3. The molecule has 190 valence electrons. The molecule has 1 saturated heterocycles. The summed E-state index contributed by atoms with van der Waals surface area (Å²) in [6, 6.07) is 31.5. The van der Waals surface area contributed by atoms with Crippen molar-refractivity contribution in [1.82, 2.24) is 5.43 Å². The molecule has 3 amide bonds. The second kappa shape index (κ2) is 8.75. The Hall–Kier alpha value is -4.55. The zero-order valence-electron chi connectivity index (χ0n) is 20.6. The normalized spacial score (nSPS) is 24.4. The smallest absolute Gasteiger partial charge is 0.271 e. The summed E-state index contributed by atoms with van der Waals surface area (Å²) in [6.45, 7) is 0. The van der Waals surface area contributed by atoms with Crippen molar-refractivity contribution in [2.24, 2.45) is 16.9 Å². The molecule has 1 aliphatic heterocycles. The van der Waals surface area contributed by atoms with Crippen LogP contribution < -0.4 is 10.3 Å². The Balaban J connectivity index is 1.43. The third-order valence-corrected chi connectivity index (χ3v) is 8.57. The molecule has 1 heterocycles. The average molecular weight is 532 g/mol. The number of nitrogens with one attached hydrogen (secondary N) is 1. The predicted octanol–water partition coefficient (Wildman–Crippen LogP) is 5.31. The van der Waals surface area contributed by atoms with Crippen LogP contribution in [0.2, 0.25) is 5.02 Å². The van der Waals surface area contributed by atoms with Gasteiger partial charge < -0.3 is 0 Å². The Morgan fingerprint density at radius 2 is 1.38 bits per heavy atom. The second-order valence-corrected chi connectivity index (χ2v) is 10.5. The quantitative estimate of drug-likeness (QED) is 0.220. The molecule has 0 aromatic heterocycles. The summed E-state index contributed by atoms with van der Waals surface area (Å²) in [5.74, 6) is -2.66. The zero-order chi connectivity index (χ0) is 26.7. The molecule has 2 bridgehead atoms. The van der Waals surface area contributed by atoms with Crippen LogP contribution in [0, 0.1) is 11.8 Å². The van der Waals surface area contributed by atoms with Crippen LogP contribution in [0.1, 0.15) is 38.5 Å². The van der Waals surface area contributed by atoms with Crippen molar-refractivity contribution in [3.8, 4) is 0 Å². The lowest BCUT2D eigenvalue weighted by atomic mass is 9.47. The van der Waals surface area contributed by atoms with E-state index in [9.17, 15) is 14.4 Å². The number of rotatable bonds is 4. The summed E-state index contributed by atoms with van der Waals surface area (Å²) in [5, 5.41) is 4.77. The topological polar surface area (TPSA) is 78.8 Å². The summed E-state index contributed by atoms with van der Waals surface area (Å²) < 4.78 is 0. The lowest BCUT2D eigenvalue weighted by Crippen LogP contribution is -2.54. The maximum absolute atomic E-state index is 14.3. The fourth-order valence-corrected chi connectivity index (χ4v) is 6.99. The van der Waals surface area contributed by atoms with Crippen molar-refractivity contribution in [1.29, 1.82) is 0 Å². The molecular weight excluding hydrogens is 510 g/mol. The highest BCUT2D eigenvalue weighted by Gasteiger charge is 2.68. The van der Waals surface area contributed by atoms with Gasteiger partial charge in [-0.3, -0.25) is 14.4 Å². The summed E-state index contributed by atoms with van der Waals surface area (Å²) in [6.07, 6.45) is 1.65. The van der Waals surface area contributed by atoms with E-state index >= 15 is 0 Å². The van der Waals surface area contributed by atoms with Crippen molar-refractivity contribution >= 4 is 41.2 Å². The van der Waals surface area contributed by atoms with Gasteiger partial charge in [0.1, 0.15) is 0 Å². The molecular formula is C32H22ClN3O3. The van der Waals surface area contributed by atoms with Crippen LogP contribution in [0.15, 0.2) is 108 Å². The molecule has 3 aliphatic carbocycles. The Bertz CT molecular complexity index is 1650. The molecule has 1 fully saturated rings. The zero-order valence-corrected chi connectivity index (χ0v) is 21.4. The van der Waals surface area contributed by atoms with E-state index in [-0.39, 0.29) is 23.6 Å². The number of para-hydroxylation sites is 1. The van der Waals surface area contributed by atoms with E-state index < -0.39 is 17.3 Å². The van der Waals surface area contributed by atoms with Crippen molar-refractivity contribution in [2.45, 2.75) is 11.3 Å². The molecule has 4 aromatic rings. The van der Waals surface area contributed by atoms with Gasteiger partial charge >= 0.3 is 0 Å². The first-order valence-electron chi connectivity index (χ1n) is 12.7. The van der Waals surface area contributed by atoms with Gasteiger partial charge in [-0.05, 0) is 46.5 Å². The van der Waals surface area contributed by atoms with Crippen LogP contribution in [0.25, 0.3) is 0 Å². The van der Waals surface area contributed by atoms with E-state index in [1.54, 1.807) is 54.7 Å². The predicted molar refractivity (Wildman–Crippen MR) is 149 cm³/mol. The number of nitrogens with zero attached hydrogens (tertiary/aromatic N) is 2. The minimum atomic E-state index is -1.07. The van der Waals surface area contributed by atoms with Crippen molar-refractivity contribution in [3.05, 3.63) is 136 Å². The maximum Gasteiger partial charge on any atom is 0.271 e. The van der Waals surface area contributed by atoms with Gasteiger partial charge in [0.05, 0.1) is 28.0 Å². The van der Waals surface area contributed by atoms with Gasteiger partial charge in [0, 0.05) is 17.7 Å². The van der Waals surface area contributed by atoms with E-state index in [4.69, 9.17) is 11.6 Å². The number of anilines is 1. The van der Waals surface area contributed by atoms with Crippen molar-refractivity contribution in [3.63, 3.8) is 0 Å². The van der Waals surface area contributed by atoms with Crippen molar-refractivity contribution < 1.29 is 14.4 Å². The summed E-state index contributed by atoms with van der Waals surface area (Å²) in [7, 11) is 0. The van der Waals surface area contributed by atoms with Gasteiger partial charge in [0.2, 0.25) is 11.8 Å². The van der Waals surface area contributed by atoms with Gasteiger partial charge in [-0.1, -0.05) is 90.5 Å². The van der Waals surface area contributed by atoms with Gasteiger partial charge in [-0.2, -0.15) is 5.10 Å². The molecule has 0 unspecified atom stereocenters. The minimum Gasteiger partial charge on any atom is -0.274 e. The molecule has 4 aliphatic rings. The SMILES string of the molecule is O=C(N/N=C\C12c3ccccc3C(c3ccccc31)[C@@H]1C(=O)N(c3ccccc3Cl)C(=O)[C@H]12)c1ccccc1. The molecule has 0 radical (unpaired) electrons. The number of imide groups is 1. The second-order valence-electron chi connectivity index (χ2n) is 10.1. The number of halogens is 1. The van der Waals surface area contributed by atoms with Crippen molar-refractivity contribution in [2.75, 3.05) is 4.90 Å². The minimum absolute atomic E-state index is 0.279. The first kappa shape index (κ1) is 23.6. The van der Waals surface area contributed by atoms with Gasteiger partial charge in [-0.25, -0.2) is 10.3 Å². The summed E-state index contributed by atoms with van der Waals surface area (Å²) in [5.41, 5.74) is 6.21. The van der Waals surface area contributed by atoms with E-state index in [0.717, 1.165) is 22.3 Å². The average Bonchev–Trinajstić information content (AvgIpc) is 3.24. The van der Waals surface area contributed by atoms with Crippen LogP contribution in [0.5, 0.6) is 0 Å². The fourth-order valence-electron chi connectivity index (χ4n) is 6.77. The lowest BCUT2D eigenvalue weighted by Gasteiger charge is -2.52. The fraction of sp³-hybridized carbons (Fsp3) is 0.125. The molecule has 0 spiro atoms.